The summed E-state index contributed by atoms with van der Waals surface area (Å²) >= 11 is 6.08. The van der Waals surface area contributed by atoms with Crippen molar-refractivity contribution in [1.82, 2.24) is 5.32 Å². The van der Waals surface area contributed by atoms with E-state index in [0.29, 0.717) is 6.61 Å². The van der Waals surface area contributed by atoms with Crippen LogP contribution in [0, 0.1) is 0 Å². The molecule has 0 radical (unpaired) electrons. The molecule has 2 N–H and O–H groups in total. The van der Waals surface area contributed by atoms with Gasteiger partial charge in [0.15, 0.2) is 0 Å². The van der Waals surface area contributed by atoms with Crippen LogP contribution >= 0.6 is 11.6 Å². The van der Waals surface area contributed by atoms with Crippen molar-refractivity contribution in [1.29, 1.82) is 0 Å². The van der Waals surface area contributed by atoms with Gasteiger partial charge < -0.3 is 15.2 Å². The number of unbranched alkanes of at least 4 members (excludes halogenated alkanes) is 3. The number of rotatable bonds is 9. The van der Waals surface area contributed by atoms with E-state index in [9.17, 15) is 0 Å². The molecule has 1 aromatic rings. The molecule has 0 fully saturated rings. The second-order valence-corrected chi connectivity index (χ2v) is 6.78. The van der Waals surface area contributed by atoms with E-state index < -0.39 is 0 Å². The molecular formula is C17H28ClNO2. The number of aliphatic hydroxyl groups excluding tert-OH is 1. The molecule has 0 bridgehead atoms. The number of ether oxygens (including phenoxy) is 1. The molecule has 0 amide bonds. The van der Waals surface area contributed by atoms with Crippen molar-refractivity contribution >= 4 is 11.6 Å². The first-order valence-corrected chi connectivity index (χ1v) is 8.07. The Morgan fingerprint density at radius 3 is 2.52 bits per heavy atom. The van der Waals surface area contributed by atoms with Gasteiger partial charge in [-0.25, -0.2) is 0 Å². The molecule has 0 aromatic heterocycles. The maximum Gasteiger partial charge on any atom is 0.123 e. The van der Waals surface area contributed by atoms with E-state index in [1.165, 1.54) is 0 Å². The molecule has 0 saturated heterocycles. The summed E-state index contributed by atoms with van der Waals surface area (Å²) in [5, 5.41) is 12.9. The number of benzene rings is 1. The number of nitrogens with one attached hydrogen (secondary N) is 1. The molecule has 0 aliphatic heterocycles. The van der Waals surface area contributed by atoms with E-state index in [0.717, 1.165) is 48.6 Å². The van der Waals surface area contributed by atoms with E-state index >= 15 is 0 Å². The SMILES string of the molecule is CC(C)(C)NCc1cc(Cl)ccc1OCCCCCCO. The van der Waals surface area contributed by atoms with Crippen molar-refractivity contribution in [2.75, 3.05) is 13.2 Å². The number of hydrogen-bond acceptors (Lipinski definition) is 3. The fraction of sp³-hybridized carbons (Fsp3) is 0.647. The third-order valence-corrected chi connectivity index (χ3v) is 3.38. The van der Waals surface area contributed by atoms with Gasteiger partial charge in [0, 0.05) is 29.3 Å². The Morgan fingerprint density at radius 2 is 1.86 bits per heavy atom. The third kappa shape index (κ3) is 8.30. The van der Waals surface area contributed by atoms with Crippen LogP contribution in [0.4, 0.5) is 0 Å². The van der Waals surface area contributed by atoms with Crippen LogP contribution in [0.5, 0.6) is 5.75 Å². The summed E-state index contributed by atoms with van der Waals surface area (Å²) in [6, 6.07) is 5.76. The van der Waals surface area contributed by atoms with Crippen LogP contribution in [0.15, 0.2) is 18.2 Å². The lowest BCUT2D eigenvalue weighted by molar-refractivity contribution is 0.272. The summed E-state index contributed by atoms with van der Waals surface area (Å²) in [7, 11) is 0. The van der Waals surface area contributed by atoms with Crippen molar-refractivity contribution in [3.63, 3.8) is 0 Å². The first-order valence-electron chi connectivity index (χ1n) is 7.69. The van der Waals surface area contributed by atoms with E-state index in [-0.39, 0.29) is 12.1 Å². The average Bonchev–Trinajstić information content (AvgIpc) is 2.41. The first kappa shape index (κ1) is 18.3. The second kappa shape index (κ2) is 9.29. The molecule has 0 saturated carbocycles. The normalized spacial score (nSPS) is 11.7. The molecule has 1 aromatic carbocycles. The van der Waals surface area contributed by atoms with Gasteiger partial charge in [-0.1, -0.05) is 18.0 Å². The lowest BCUT2D eigenvalue weighted by Crippen LogP contribution is -2.35. The minimum Gasteiger partial charge on any atom is -0.493 e. The Bertz CT molecular complexity index is 416. The van der Waals surface area contributed by atoms with Crippen LogP contribution in [-0.2, 0) is 6.54 Å². The van der Waals surface area contributed by atoms with Gasteiger partial charge in [-0.05, 0) is 58.2 Å². The van der Waals surface area contributed by atoms with Gasteiger partial charge in [-0.2, -0.15) is 0 Å². The van der Waals surface area contributed by atoms with Gasteiger partial charge in [-0.15, -0.1) is 0 Å². The average molecular weight is 314 g/mol. The van der Waals surface area contributed by atoms with Gasteiger partial charge in [0.25, 0.3) is 0 Å². The fourth-order valence-electron chi connectivity index (χ4n) is 1.94. The van der Waals surface area contributed by atoms with Crippen molar-refractivity contribution in [3.8, 4) is 5.75 Å². The molecular weight excluding hydrogens is 286 g/mol. The predicted octanol–water partition coefficient (Wildman–Crippen LogP) is 4.16. The largest absolute Gasteiger partial charge is 0.493 e. The molecule has 21 heavy (non-hydrogen) atoms. The number of halogens is 1. The second-order valence-electron chi connectivity index (χ2n) is 6.34. The molecule has 120 valence electrons. The number of aliphatic hydroxyl groups is 1. The molecule has 0 atom stereocenters. The van der Waals surface area contributed by atoms with Crippen LogP contribution in [0.1, 0.15) is 52.0 Å². The molecule has 0 aliphatic carbocycles. The third-order valence-electron chi connectivity index (χ3n) is 3.14. The van der Waals surface area contributed by atoms with Crippen molar-refractivity contribution in [2.45, 2.75) is 58.5 Å². The predicted molar refractivity (Wildman–Crippen MR) is 89.1 cm³/mol. The van der Waals surface area contributed by atoms with Crippen molar-refractivity contribution < 1.29 is 9.84 Å². The van der Waals surface area contributed by atoms with Gasteiger partial charge in [0.1, 0.15) is 5.75 Å². The highest BCUT2D eigenvalue weighted by Gasteiger charge is 2.11. The lowest BCUT2D eigenvalue weighted by atomic mass is 10.1. The zero-order valence-corrected chi connectivity index (χ0v) is 14.2. The highest BCUT2D eigenvalue weighted by Crippen LogP contribution is 2.24. The van der Waals surface area contributed by atoms with E-state index in [2.05, 4.69) is 26.1 Å². The van der Waals surface area contributed by atoms with Crippen molar-refractivity contribution in [3.05, 3.63) is 28.8 Å². The number of hydrogen-bond donors (Lipinski definition) is 2. The monoisotopic (exact) mass is 313 g/mol. The quantitative estimate of drug-likeness (QED) is 0.673. The summed E-state index contributed by atoms with van der Waals surface area (Å²) in [5.74, 6) is 0.901. The zero-order valence-electron chi connectivity index (χ0n) is 13.4. The first-order chi connectivity index (χ1) is 9.92. The summed E-state index contributed by atoms with van der Waals surface area (Å²) < 4.78 is 5.88. The maximum atomic E-state index is 8.74. The Labute approximate surface area is 133 Å². The Hall–Kier alpha value is -0.770. The summed E-state index contributed by atoms with van der Waals surface area (Å²) in [6.45, 7) is 8.14. The summed E-state index contributed by atoms with van der Waals surface area (Å²) in [4.78, 5) is 0. The van der Waals surface area contributed by atoms with Crippen molar-refractivity contribution in [2.24, 2.45) is 0 Å². The van der Waals surface area contributed by atoms with E-state index in [1.54, 1.807) is 0 Å². The lowest BCUT2D eigenvalue weighted by Gasteiger charge is -2.22. The molecule has 0 spiro atoms. The molecule has 1 rings (SSSR count). The van der Waals surface area contributed by atoms with Gasteiger partial charge in [0.05, 0.1) is 6.61 Å². The van der Waals surface area contributed by atoms with Crippen LogP contribution in [0.3, 0.4) is 0 Å². The smallest absolute Gasteiger partial charge is 0.123 e. The molecule has 4 heteroatoms. The Kier molecular flexibility index (Phi) is 8.09. The van der Waals surface area contributed by atoms with Gasteiger partial charge >= 0.3 is 0 Å². The minimum absolute atomic E-state index is 0.0594. The van der Waals surface area contributed by atoms with E-state index in [1.807, 2.05) is 18.2 Å². The van der Waals surface area contributed by atoms with Crippen LogP contribution in [-0.4, -0.2) is 23.9 Å². The van der Waals surface area contributed by atoms with Crippen LogP contribution in [0.25, 0.3) is 0 Å². The maximum absolute atomic E-state index is 8.74. The standard InChI is InChI=1S/C17H28ClNO2/c1-17(2,3)19-13-14-12-15(18)8-9-16(14)21-11-7-5-4-6-10-20/h8-9,12,19-20H,4-7,10-11,13H2,1-3H3. The summed E-state index contributed by atoms with van der Waals surface area (Å²) in [6.07, 6.45) is 4.03. The highest BCUT2D eigenvalue weighted by molar-refractivity contribution is 6.30. The van der Waals surface area contributed by atoms with Crippen LogP contribution in [0.2, 0.25) is 5.02 Å². The molecule has 0 unspecified atom stereocenters. The zero-order chi connectivity index (χ0) is 15.7. The Morgan fingerprint density at radius 1 is 1.14 bits per heavy atom. The van der Waals surface area contributed by atoms with Gasteiger partial charge in [-0.3, -0.25) is 0 Å². The molecule has 0 heterocycles. The van der Waals surface area contributed by atoms with E-state index in [4.69, 9.17) is 21.4 Å². The topological polar surface area (TPSA) is 41.5 Å². The molecule has 0 aliphatic rings. The van der Waals surface area contributed by atoms with Gasteiger partial charge in [0.2, 0.25) is 0 Å². The molecule has 3 nitrogen and oxygen atoms in total. The Balaban J connectivity index is 2.48. The fourth-order valence-corrected chi connectivity index (χ4v) is 2.13. The summed E-state index contributed by atoms with van der Waals surface area (Å²) in [5.41, 5.74) is 1.15. The van der Waals surface area contributed by atoms with Crippen LogP contribution < -0.4 is 10.1 Å². The minimum atomic E-state index is 0.0594. The highest BCUT2D eigenvalue weighted by atomic mass is 35.5.